The Morgan fingerprint density at radius 1 is 1.00 bits per heavy atom. The molecule has 0 bridgehead atoms. The summed E-state index contributed by atoms with van der Waals surface area (Å²) in [6, 6.07) is 10.5. The van der Waals surface area contributed by atoms with Crippen molar-refractivity contribution >= 4 is 41.0 Å². The van der Waals surface area contributed by atoms with Crippen LogP contribution in [0.3, 0.4) is 0 Å². The molecule has 2 aromatic rings. The van der Waals surface area contributed by atoms with Crippen molar-refractivity contribution in [3.05, 3.63) is 71.8 Å². The minimum absolute atomic E-state index is 0.0460. The van der Waals surface area contributed by atoms with Gasteiger partial charge in [0.05, 0.1) is 16.7 Å². The largest absolute Gasteiger partial charge is 0.449 e. The van der Waals surface area contributed by atoms with Gasteiger partial charge in [-0.2, -0.15) is 0 Å². The van der Waals surface area contributed by atoms with Crippen LogP contribution in [0, 0.1) is 0 Å². The number of hydrogen-bond donors (Lipinski definition) is 2. The molecule has 1 atom stereocenters. The van der Waals surface area contributed by atoms with Crippen molar-refractivity contribution in [2.45, 2.75) is 20.0 Å². The minimum Gasteiger partial charge on any atom is -0.449 e. The molecule has 0 saturated heterocycles. The number of rotatable bonds is 7. The summed E-state index contributed by atoms with van der Waals surface area (Å²) in [6.45, 7) is 6.38. The molecule has 0 fully saturated rings. The zero-order chi connectivity index (χ0) is 23.4. The highest BCUT2D eigenvalue weighted by Crippen LogP contribution is 2.24. The summed E-state index contributed by atoms with van der Waals surface area (Å²) in [5.41, 5.74) is 1.37. The van der Waals surface area contributed by atoms with Gasteiger partial charge in [-0.1, -0.05) is 6.08 Å². The van der Waals surface area contributed by atoms with Crippen LogP contribution in [-0.4, -0.2) is 47.1 Å². The van der Waals surface area contributed by atoms with Crippen molar-refractivity contribution in [3.8, 4) is 0 Å². The van der Waals surface area contributed by atoms with Gasteiger partial charge in [0.15, 0.2) is 6.10 Å². The van der Waals surface area contributed by atoms with Crippen LogP contribution in [0.15, 0.2) is 55.1 Å². The van der Waals surface area contributed by atoms with Gasteiger partial charge < -0.3 is 15.4 Å². The van der Waals surface area contributed by atoms with Crippen molar-refractivity contribution in [1.82, 2.24) is 4.90 Å². The topological polar surface area (TPSA) is 122 Å². The highest BCUT2D eigenvalue weighted by Gasteiger charge is 2.35. The Morgan fingerprint density at radius 3 is 2.19 bits per heavy atom. The van der Waals surface area contributed by atoms with E-state index in [-0.39, 0.29) is 29.1 Å². The molecule has 1 heterocycles. The number of hydrogen-bond acceptors (Lipinski definition) is 6. The van der Waals surface area contributed by atoms with Gasteiger partial charge in [0, 0.05) is 24.8 Å². The average Bonchev–Trinajstić information content (AvgIpc) is 2.99. The van der Waals surface area contributed by atoms with Crippen LogP contribution in [-0.2, 0) is 14.3 Å². The van der Waals surface area contributed by atoms with E-state index in [1.807, 2.05) is 0 Å². The number of anilines is 2. The molecule has 4 amide bonds. The Hall–Kier alpha value is -4.27. The second-order valence-corrected chi connectivity index (χ2v) is 7.07. The summed E-state index contributed by atoms with van der Waals surface area (Å²) in [6.07, 6.45) is 0.310. The van der Waals surface area contributed by atoms with Gasteiger partial charge >= 0.3 is 5.97 Å². The van der Waals surface area contributed by atoms with Crippen molar-refractivity contribution in [2.24, 2.45) is 0 Å². The third kappa shape index (κ3) is 4.72. The number of ether oxygens (including phenoxy) is 1. The van der Waals surface area contributed by atoms with Gasteiger partial charge in [-0.05, 0) is 49.4 Å². The number of amides is 4. The van der Waals surface area contributed by atoms with Gasteiger partial charge in [-0.3, -0.25) is 24.1 Å². The predicted octanol–water partition coefficient (Wildman–Crippen LogP) is 2.61. The number of carbonyl (C=O) groups excluding carboxylic acids is 5. The predicted molar refractivity (Wildman–Crippen MR) is 116 cm³/mol. The summed E-state index contributed by atoms with van der Waals surface area (Å²) in [7, 11) is 0. The standard InChI is InChI=1S/C23H21N3O6/c1-4-11-26-21(29)18-10-5-15(12-19(18)22(26)30)23(31)32-13(2)20(28)25-17-8-6-16(7-9-17)24-14(3)27/h4-10,12-13H,1,11H2,2-3H3,(H,24,27)(H,25,28)/t13-/m1/s1. The first-order chi connectivity index (χ1) is 15.2. The Kier molecular flexibility index (Phi) is 6.48. The number of carbonyl (C=O) groups is 5. The summed E-state index contributed by atoms with van der Waals surface area (Å²) < 4.78 is 5.21. The number of benzene rings is 2. The van der Waals surface area contributed by atoms with Crippen LogP contribution in [0.1, 0.15) is 44.9 Å². The average molecular weight is 435 g/mol. The monoisotopic (exact) mass is 435 g/mol. The van der Waals surface area contributed by atoms with Crippen molar-refractivity contribution in [1.29, 1.82) is 0 Å². The molecule has 9 nitrogen and oxygen atoms in total. The fourth-order valence-corrected chi connectivity index (χ4v) is 3.08. The van der Waals surface area contributed by atoms with Crippen LogP contribution in [0.25, 0.3) is 0 Å². The van der Waals surface area contributed by atoms with E-state index in [0.29, 0.717) is 11.4 Å². The number of nitrogens with zero attached hydrogens (tertiary/aromatic N) is 1. The van der Waals surface area contributed by atoms with Gasteiger partial charge in [-0.15, -0.1) is 6.58 Å². The zero-order valence-electron chi connectivity index (χ0n) is 17.5. The van der Waals surface area contributed by atoms with Crippen molar-refractivity contribution in [2.75, 3.05) is 17.2 Å². The Labute approximate surface area is 184 Å². The van der Waals surface area contributed by atoms with Crippen LogP contribution in [0.5, 0.6) is 0 Å². The molecule has 2 aromatic carbocycles. The van der Waals surface area contributed by atoms with E-state index in [2.05, 4.69) is 17.2 Å². The first-order valence-corrected chi connectivity index (χ1v) is 9.72. The molecular formula is C23H21N3O6. The number of imide groups is 1. The normalized spacial score (nSPS) is 13.2. The molecular weight excluding hydrogens is 414 g/mol. The third-order valence-electron chi connectivity index (χ3n) is 4.64. The highest BCUT2D eigenvalue weighted by atomic mass is 16.5. The lowest BCUT2D eigenvalue weighted by Gasteiger charge is -2.14. The summed E-state index contributed by atoms with van der Waals surface area (Å²) in [5.74, 6) is -2.56. The fraction of sp³-hybridized carbons (Fsp3) is 0.174. The summed E-state index contributed by atoms with van der Waals surface area (Å²) in [4.78, 5) is 61.6. The number of nitrogens with one attached hydrogen (secondary N) is 2. The summed E-state index contributed by atoms with van der Waals surface area (Å²) >= 11 is 0. The molecule has 1 aliphatic heterocycles. The molecule has 0 unspecified atom stereocenters. The lowest BCUT2D eigenvalue weighted by Crippen LogP contribution is -2.30. The minimum atomic E-state index is -1.12. The maximum absolute atomic E-state index is 12.5. The van der Waals surface area contributed by atoms with Gasteiger partial charge in [0.25, 0.3) is 17.7 Å². The molecule has 9 heteroatoms. The summed E-state index contributed by atoms with van der Waals surface area (Å²) in [5, 5.41) is 5.22. The smallest absolute Gasteiger partial charge is 0.338 e. The molecule has 164 valence electrons. The first kappa shape index (κ1) is 22.4. The molecule has 2 N–H and O–H groups in total. The van der Waals surface area contributed by atoms with Crippen LogP contribution < -0.4 is 10.6 Å². The Balaban J connectivity index is 1.64. The second kappa shape index (κ2) is 9.25. The lowest BCUT2D eigenvalue weighted by atomic mass is 10.1. The fourth-order valence-electron chi connectivity index (χ4n) is 3.08. The molecule has 0 radical (unpaired) electrons. The van der Waals surface area contributed by atoms with E-state index >= 15 is 0 Å². The van der Waals surface area contributed by atoms with Crippen molar-refractivity contribution in [3.63, 3.8) is 0 Å². The van der Waals surface area contributed by atoms with E-state index in [9.17, 15) is 24.0 Å². The van der Waals surface area contributed by atoms with Crippen molar-refractivity contribution < 1.29 is 28.7 Å². The van der Waals surface area contributed by atoms with E-state index in [1.165, 1.54) is 38.1 Å². The molecule has 1 aliphatic rings. The van der Waals surface area contributed by atoms with Gasteiger partial charge in [0.1, 0.15) is 0 Å². The third-order valence-corrected chi connectivity index (χ3v) is 4.64. The Bertz CT molecular complexity index is 1120. The maximum atomic E-state index is 12.5. The zero-order valence-corrected chi connectivity index (χ0v) is 17.5. The number of esters is 1. The van der Waals surface area contributed by atoms with E-state index in [0.717, 1.165) is 4.90 Å². The van der Waals surface area contributed by atoms with E-state index in [1.54, 1.807) is 24.3 Å². The SMILES string of the molecule is C=CCN1C(=O)c2ccc(C(=O)O[C@H](C)C(=O)Nc3ccc(NC(C)=O)cc3)cc2C1=O. The van der Waals surface area contributed by atoms with E-state index in [4.69, 9.17) is 4.74 Å². The maximum Gasteiger partial charge on any atom is 0.338 e. The van der Waals surface area contributed by atoms with Gasteiger partial charge in [-0.25, -0.2) is 4.79 Å². The Morgan fingerprint density at radius 2 is 1.59 bits per heavy atom. The van der Waals surface area contributed by atoms with Crippen LogP contribution in [0.2, 0.25) is 0 Å². The molecule has 0 aromatic heterocycles. The van der Waals surface area contributed by atoms with Gasteiger partial charge in [0.2, 0.25) is 5.91 Å². The molecule has 0 aliphatic carbocycles. The van der Waals surface area contributed by atoms with Crippen LogP contribution >= 0.6 is 0 Å². The quantitative estimate of drug-likeness (QED) is 0.392. The van der Waals surface area contributed by atoms with Crippen LogP contribution in [0.4, 0.5) is 11.4 Å². The number of fused-ring (bicyclic) bond motifs is 1. The lowest BCUT2D eigenvalue weighted by molar-refractivity contribution is -0.123. The van der Waals surface area contributed by atoms with E-state index < -0.39 is 29.8 Å². The molecule has 3 rings (SSSR count). The molecule has 0 spiro atoms. The second-order valence-electron chi connectivity index (χ2n) is 7.07. The first-order valence-electron chi connectivity index (χ1n) is 9.72. The molecule has 32 heavy (non-hydrogen) atoms. The highest BCUT2D eigenvalue weighted by molar-refractivity contribution is 6.22. The molecule has 0 saturated carbocycles.